The van der Waals surface area contributed by atoms with Crippen LogP contribution in [0.3, 0.4) is 0 Å². The predicted octanol–water partition coefficient (Wildman–Crippen LogP) is 2.06. The molecule has 94 valence electrons. The van der Waals surface area contributed by atoms with E-state index in [0.29, 0.717) is 12.5 Å². The Hall–Kier alpha value is -0.570. The number of amides is 1. The summed E-state index contributed by atoms with van der Waals surface area (Å²) in [5, 5.41) is 3.53. The first-order chi connectivity index (χ1) is 7.59. The lowest BCUT2D eigenvalue weighted by Crippen LogP contribution is -2.35. The molecule has 0 unspecified atom stereocenters. The molecule has 1 amide bonds. The van der Waals surface area contributed by atoms with Crippen LogP contribution in [0, 0.1) is 11.8 Å². The average Bonchev–Trinajstić information content (AvgIpc) is 2.25. The van der Waals surface area contributed by atoms with Gasteiger partial charge in [-0.05, 0) is 50.5 Å². The number of nitrogens with two attached hydrogens (primary N) is 1. The first-order valence-electron chi connectivity index (χ1n) is 6.61. The molecule has 0 aromatic rings. The molecule has 0 spiro atoms. The number of primary amides is 1. The van der Waals surface area contributed by atoms with Crippen LogP contribution in [0.5, 0.6) is 0 Å². The van der Waals surface area contributed by atoms with Gasteiger partial charge in [0.15, 0.2) is 0 Å². The number of rotatable bonds is 6. The summed E-state index contributed by atoms with van der Waals surface area (Å²) in [7, 11) is 0. The van der Waals surface area contributed by atoms with Gasteiger partial charge in [-0.2, -0.15) is 0 Å². The average molecular weight is 226 g/mol. The molecule has 0 aromatic carbocycles. The third-order valence-electron chi connectivity index (χ3n) is 3.75. The van der Waals surface area contributed by atoms with Crippen LogP contribution in [0.25, 0.3) is 0 Å². The van der Waals surface area contributed by atoms with Crippen LogP contribution in [0.4, 0.5) is 0 Å². The number of carbonyl (C=O) groups is 1. The summed E-state index contributed by atoms with van der Waals surface area (Å²) in [6.45, 7) is 5.58. The zero-order valence-corrected chi connectivity index (χ0v) is 10.7. The van der Waals surface area contributed by atoms with Gasteiger partial charge in [-0.3, -0.25) is 4.79 Å². The molecule has 0 saturated heterocycles. The highest BCUT2D eigenvalue weighted by molar-refractivity contribution is 5.73. The summed E-state index contributed by atoms with van der Waals surface area (Å²) in [5.41, 5.74) is 5.10. The van der Waals surface area contributed by atoms with Gasteiger partial charge in [-0.1, -0.05) is 13.8 Å². The molecule has 3 nitrogen and oxygen atoms in total. The lowest BCUT2D eigenvalue weighted by Gasteiger charge is -2.31. The van der Waals surface area contributed by atoms with Gasteiger partial charge in [0.1, 0.15) is 0 Å². The highest BCUT2D eigenvalue weighted by atomic mass is 16.1. The van der Waals surface area contributed by atoms with Crippen molar-refractivity contribution in [1.29, 1.82) is 0 Å². The number of hydrogen-bond donors (Lipinski definition) is 2. The Labute approximate surface area is 99.2 Å². The lowest BCUT2D eigenvalue weighted by atomic mass is 9.80. The quantitative estimate of drug-likeness (QED) is 0.681. The van der Waals surface area contributed by atoms with Gasteiger partial charge >= 0.3 is 0 Å². The third-order valence-corrected chi connectivity index (χ3v) is 3.75. The van der Waals surface area contributed by atoms with E-state index in [2.05, 4.69) is 19.2 Å². The number of hydrogen-bond acceptors (Lipinski definition) is 2. The molecule has 1 fully saturated rings. The van der Waals surface area contributed by atoms with Crippen molar-refractivity contribution >= 4 is 5.91 Å². The Bertz CT molecular complexity index is 208. The van der Waals surface area contributed by atoms with Crippen molar-refractivity contribution in [2.75, 3.05) is 6.54 Å². The first-order valence-corrected chi connectivity index (χ1v) is 6.61. The maximum atomic E-state index is 10.6. The SMILES string of the molecule is CC(C)C1CCC(NCCCC(N)=O)CC1. The van der Waals surface area contributed by atoms with Crippen LogP contribution < -0.4 is 11.1 Å². The highest BCUT2D eigenvalue weighted by Gasteiger charge is 2.22. The molecule has 16 heavy (non-hydrogen) atoms. The van der Waals surface area contributed by atoms with E-state index < -0.39 is 0 Å². The second kappa shape index (κ2) is 6.89. The minimum absolute atomic E-state index is 0.190. The van der Waals surface area contributed by atoms with Crippen molar-refractivity contribution in [3.8, 4) is 0 Å². The van der Waals surface area contributed by atoms with E-state index in [1.54, 1.807) is 0 Å². The third kappa shape index (κ3) is 4.97. The van der Waals surface area contributed by atoms with E-state index in [9.17, 15) is 4.79 Å². The van der Waals surface area contributed by atoms with Crippen LogP contribution in [-0.2, 0) is 4.79 Å². The molecular weight excluding hydrogens is 200 g/mol. The van der Waals surface area contributed by atoms with Gasteiger partial charge in [0, 0.05) is 12.5 Å². The molecule has 0 atom stereocenters. The molecule has 0 radical (unpaired) electrons. The second-order valence-corrected chi connectivity index (χ2v) is 5.38. The maximum Gasteiger partial charge on any atom is 0.217 e. The van der Waals surface area contributed by atoms with E-state index in [4.69, 9.17) is 5.73 Å². The zero-order valence-electron chi connectivity index (χ0n) is 10.7. The van der Waals surface area contributed by atoms with Crippen LogP contribution in [0.1, 0.15) is 52.4 Å². The monoisotopic (exact) mass is 226 g/mol. The summed E-state index contributed by atoms with van der Waals surface area (Å²) in [5.74, 6) is 1.56. The van der Waals surface area contributed by atoms with Gasteiger partial charge in [0.2, 0.25) is 5.91 Å². The summed E-state index contributed by atoms with van der Waals surface area (Å²) >= 11 is 0. The van der Waals surface area contributed by atoms with Crippen molar-refractivity contribution in [3.63, 3.8) is 0 Å². The Morgan fingerprint density at radius 3 is 2.44 bits per heavy atom. The maximum absolute atomic E-state index is 10.6. The van der Waals surface area contributed by atoms with Crippen LogP contribution in [-0.4, -0.2) is 18.5 Å². The molecule has 1 rings (SSSR count). The minimum Gasteiger partial charge on any atom is -0.370 e. The van der Waals surface area contributed by atoms with E-state index in [0.717, 1.165) is 24.8 Å². The Balaban J connectivity index is 2.06. The zero-order chi connectivity index (χ0) is 12.0. The van der Waals surface area contributed by atoms with Gasteiger partial charge in [-0.15, -0.1) is 0 Å². The van der Waals surface area contributed by atoms with E-state index in [1.807, 2.05) is 0 Å². The standard InChI is InChI=1S/C13H26N2O/c1-10(2)11-5-7-12(8-6-11)15-9-3-4-13(14)16/h10-12,15H,3-9H2,1-2H3,(H2,14,16). The summed E-state index contributed by atoms with van der Waals surface area (Å²) in [4.78, 5) is 10.6. The topological polar surface area (TPSA) is 55.1 Å². The fourth-order valence-electron chi connectivity index (χ4n) is 2.56. The molecular formula is C13H26N2O. The second-order valence-electron chi connectivity index (χ2n) is 5.38. The van der Waals surface area contributed by atoms with Crippen molar-refractivity contribution in [2.45, 2.75) is 58.4 Å². The Morgan fingerprint density at radius 1 is 1.31 bits per heavy atom. The lowest BCUT2D eigenvalue weighted by molar-refractivity contribution is -0.118. The molecule has 3 N–H and O–H groups in total. The molecule has 0 aromatic heterocycles. The molecule has 0 bridgehead atoms. The smallest absolute Gasteiger partial charge is 0.217 e. The summed E-state index contributed by atoms with van der Waals surface area (Å²) in [6.07, 6.45) is 6.67. The number of nitrogens with one attached hydrogen (secondary N) is 1. The van der Waals surface area contributed by atoms with Gasteiger partial charge < -0.3 is 11.1 Å². The van der Waals surface area contributed by atoms with Gasteiger partial charge in [0.05, 0.1) is 0 Å². The van der Waals surface area contributed by atoms with Gasteiger partial charge in [-0.25, -0.2) is 0 Å². The molecule has 1 aliphatic carbocycles. The van der Waals surface area contributed by atoms with Crippen LogP contribution in [0.15, 0.2) is 0 Å². The summed E-state index contributed by atoms with van der Waals surface area (Å²) < 4.78 is 0. The first kappa shape index (κ1) is 13.5. The molecule has 3 heteroatoms. The fraction of sp³-hybridized carbons (Fsp3) is 0.923. The minimum atomic E-state index is -0.190. The summed E-state index contributed by atoms with van der Waals surface area (Å²) in [6, 6.07) is 0.669. The molecule has 1 aliphatic rings. The Kier molecular flexibility index (Phi) is 5.81. The van der Waals surface area contributed by atoms with E-state index in [1.165, 1.54) is 25.7 Å². The van der Waals surface area contributed by atoms with Gasteiger partial charge in [0.25, 0.3) is 0 Å². The largest absolute Gasteiger partial charge is 0.370 e. The van der Waals surface area contributed by atoms with Crippen molar-refractivity contribution in [2.24, 2.45) is 17.6 Å². The molecule has 0 aliphatic heterocycles. The van der Waals surface area contributed by atoms with Crippen molar-refractivity contribution < 1.29 is 4.79 Å². The molecule has 1 saturated carbocycles. The van der Waals surface area contributed by atoms with Crippen molar-refractivity contribution in [3.05, 3.63) is 0 Å². The van der Waals surface area contributed by atoms with Crippen molar-refractivity contribution in [1.82, 2.24) is 5.32 Å². The number of carbonyl (C=O) groups excluding carboxylic acids is 1. The molecule has 0 heterocycles. The fourth-order valence-corrected chi connectivity index (χ4v) is 2.56. The highest BCUT2D eigenvalue weighted by Crippen LogP contribution is 2.29. The van der Waals surface area contributed by atoms with E-state index in [-0.39, 0.29) is 5.91 Å². The predicted molar refractivity (Wildman–Crippen MR) is 67.0 cm³/mol. The Morgan fingerprint density at radius 2 is 1.94 bits per heavy atom. The van der Waals surface area contributed by atoms with Crippen LogP contribution in [0.2, 0.25) is 0 Å². The van der Waals surface area contributed by atoms with Crippen LogP contribution >= 0.6 is 0 Å². The normalized spacial score (nSPS) is 25.9. The van der Waals surface area contributed by atoms with E-state index >= 15 is 0 Å².